The molecule has 0 atom stereocenters. The molecule has 2 rings (SSSR count). The van der Waals surface area contributed by atoms with Gasteiger partial charge >= 0.3 is 5.97 Å². The zero-order valence-electron chi connectivity index (χ0n) is 10.2. The van der Waals surface area contributed by atoms with Crippen molar-refractivity contribution in [3.63, 3.8) is 0 Å². The van der Waals surface area contributed by atoms with Gasteiger partial charge in [0.1, 0.15) is 11.5 Å². The lowest BCUT2D eigenvalue weighted by atomic mass is 10.0. The Labute approximate surface area is 109 Å². The van der Waals surface area contributed by atoms with E-state index in [1.807, 2.05) is 0 Å². The summed E-state index contributed by atoms with van der Waals surface area (Å²) >= 11 is 0. The van der Waals surface area contributed by atoms with E-state index < -0.39 is 12.6 Å². The zero-order chi connectivity index (χ0) is 14.0. The number of phenols is 1. The van der Waals surface area contributed by atoms with Crippen molar-refractivity contribution in [2.75, 3.05) is 6.61 Å². The van der Waals surface area contributed by atoms with Gasteiger partial charge in [-0.25, -0.2) is 4.79 Å². The molecule has 0 saturated heterocycles. The van der Waals surface area contributed by atoms with E-state index in [9.17, 15) is 14.7 Å². The Morgan fingerprint density at radius 1 is 1.21 bits per heavy atom. The van der Waals surface area contributed by atoms with Crippen LogP contribution in [0.3, 0.4) is 0 Å². The fraction of sp³-hybridized carbons (Fsp3) is 0.143. The summed E-state index contributed by atoms with van der Waals surface area (Å²) in [5.41, 5.74) is 0.110. The van der Waals surface area contributed by atoms with Crippen molar-refractivity contribution >= 4 is 22.5 Å². The second kappa shape index (κ2) is 4.97. The maximum atomic E-state index is 11.5. The van der Waals surface area contributed by atoms with Crippen LogP contribution in [-0.4, -0.2) is 28.6 Å². The van der Waals surface area contributed by atoms with Gasteiger partial charge in [-0.3, -0.25) is 4.79 Å². The summed E-state index contributed by atoms with van der Waals surface area (Å²) in [4.78, 5) is 22.0. The molecule has 19 heavy (non-hydrogen) atoms. The number of phenolic OH excluding ortho intramolecular Hbond substituents is 1. The summed E-state index contributed by atoms with van der Waals surface area (Å²) in [6.07, 6.45) is 0. The first-order chi connectivity index (χ1) is 9.00. The highest BCUT2D eigenvalue weighted by molar-refractivity contribution is 6.05. The number of carboxylic acid groups (broad SMARTS) is 1. The number of carboxylic acids is 1. The largest absolute Gasteiger partial charge is 0.507 e. The van der Waals surface area contributed by atoms with Crippen molar-refractivity contribution in [3.05, 3.63) is 35.9 Å². The van der Waals surface area contributed by atoms with E-state index in [1.165, 1.54) is 13.0 Å². The third-order valence-corrected chi connectivity index (χ3v) is 2.71. The molecule has 2 aromatic carbocycles. The molecule has 0 aliphatic rings. The summed E-state index contributed by atoms with van der Waals surface area (Å²) in [7, 11) is 0. The molecule has 0 amide bonds. The second-order valence-corrected chi connectivity index (χ2v) is 4.06. The maximum absolute atomic E-state index is 11.5. The van der Waals surface area contributed by atoms with Crippen LogP contribution in [0.25, 0.3) is 10.8 Å². The molecule has 0 bridgehead atoms. The fourth-order valence-corrected chi connectivity index (χ4v) is 1.85. The summed E-state index contributed by atoms with van der Waals surface area (Å²) in [6, 6.07) is 8.15. The van der Waals surface area contributed by atoms with Gasteiger partial charge in [0.25, 0.3) is 0 Å². The molecule has 0 aliphatic heterocycles. The molecule has 5 nitrogen and oxygen atoms in total. The number of ether oxygens (including phenoxy) is 1. The van der Waals surface area contributed by atoms with Gasteiger partial charge in [0.15, 0.2) is 12.4 Å². The third kappa shape index (κ3) is 2.49. The van der Waals surface area contributed by atoms with Crippen LogP contribution in [0, 0.1) is 0 Å². The molecule has 0 unspecified atom stereocenters. The standard InChI is InChI=1S/C14H12O5/c1-8(15)11-6-12(19-7-13(16)17)9-4-2-3-5-10(9)14(11)18/h2-6,18H,7H2,1H3,(H,16,17). The number of carbonyl (C=O) groups excluding carboxylic acids is 1. The number of rotatable bonds is 4. The lowest BCUT2D eigenvalue weighted by molar-refractivity contribution is -0.139. The average Bonchev–Trinajstić information content (AvgIpc) is 2.37. The van der Waals surface area contributed by atoms with E-state index in [0.717, 1.165) is 0 Å². The van der Waals surface area contributed by atoms with Crippen molar-refractivity contribution < 1.29 is 24.5 Å². The van der Waals surface area contributed by atoms with Crippen molar-refractivity contribution in [2.24, 2.45) is 0 Å². The Hall–Kier alpha value is -2.56. The van der Waals surface area contributed by atoms with Gasteiger partial charge in [-0.15, -0.1) is 0 Å². The van der Waals surface area contributed by atoms with Crippen LogP contribution in [0.2, 0.25) is 0 Å². The first kappa shape index (κ1) is 12.9. The zero-order valence-corrected chi connectivity index (χ0v) is 10.2. The minimum absolute atomic E-state index is 0.110. The number of benzene rings is 2. The van der Waals surface area contributed by atoms with Gasteiger partial charge in [0.05, 0.1) is 5.56 Å². The van der Waals surface area contributed by atoms with Crippen molar-refractivity contribution in [3.8, 4) is 11.5 Å². The Bertz CT molecular complexity index is 660. The SMILES string of the molecule is CC(=O)c1cc(OCC(=O)O)c2ccccc2c1O. The summed E-state index contributed by atoms with van der Waals surface area (Å²) in [5.74, 6) is -1.28. The van der Waals surface area contributed by atoms with Gasteiger partial charge in [-0.1, -0.05) is 24.3 Å². The normalized spacial score (nSPS) is 10.4. The highest BCUT2D eigenvalue weighted by Gasteiger charge is 2.15. The van der Waals surface area contributed by atoms with Crippen LogP contribution >= 0.6 is 0 Å². The lowest BCUT2D eigenvalue weighted by Gasteiger charge is -2.11. The van der Waals surface area contributed by atoms with E-state index >= 15 is 0 Å². The molecule has 0 fully saturated rings. The van der Waals surface area contributed by atoms with E-state index in [-0.39, 0.29) is 22.8 Å². The lowest BCUT2D eigenvalue weighted by Crippen LogP contribution is -2.10. The van der Waals surface area contributed by atoms with Crippen LogP contribution in [-0.2, 0) is 4.79 Å². The average molecular weight is 260 g/mol. The molecule has 98 valence electrons. The molecular weight excluding hydrogens is 248 g/mol. The molecule has 0 radical (unpaired) electrons. The van der Waals surface area contributed by atoms with E-state index in [0.29, 0.717) is 10.8 Å². The Morgan fingerprint density at radius 3 is 2.42 bits per heavy atom. The van der Waals surface area contributed by atoms with Crippen LogP contribution in [0.15, 0.2) is 30.3 Å². The number of fused-ring (bicyclic) bond motifs is 1. The molecule has 5 heteroatoms. The Balaban J connectivity index is 2.64. The van der Waals surface area contributed by atoms with Crippen molar-refractivity contribution in [1.82, 2.24) is 0 Å². The highest BCUT2D eigenvalue weighted by atomic mass is 16.5. The number of hydrogen-bond acceptors (Lipinski definition) is 4. The van der Waals surface area contributed by atoms with Crippen LogP contribution < -0.4 is 4.74 Å². The van der Waals surface area contributed by atoms with Crippen molar-refractivity contribution in [2.45, 2.75) is 6.92 Å². The molecule has 2 aromatic rings. The number of ketones is 1. The molecule has 0 spiro atoms. The summed E-state index contributed by atoms with van der Waals surface area (Å²) in [6.45, 7) is 0.816. The first-order valence-electron chi connectivity index (χ1n) is 5.61. The predicted octanol–water partition coefficient (Wildman–Crippen LogP) is 2.21. The predicted molar refractivity (Wildman–Crippen MR) is 68.7 cm³/mol. The van der Waals surface area contributed by atoms with Crippen LogP contribution in [0.4, 0.5) is 0 Å². The second-order valence-electron chi connectivity index (χ2n) is 4.06. The monoisotopic (exact) mass is 260 g/mol. The number of aromatic hydroxyl groups is 1. The number of carbonyl (C=O) groups is 2. The minimum Gasteiger partial charge on any atom is -0.507 e. The minimum atomic E-state index is -1.11. The van der Waals surface area contributed by atoms with E-state index in [4.69, 9.17) is 9.84 Å². The Morgan fingerprint density at radius 2 is 1.84 bits per heavy atom. The highest BCUT2D eigenvalue weighted by Crippen LogP contribution is 2.36. The molecule has 2 N–H and O–H groups in total. The van der Waals surface area contributed by atoms with Crippen LogP contribution in [0.5, 0.6) is 11.5 Å². The molecule has 0 aromatic heterocycles. The van der Waals surface area contributed by atoms with Gasteiger partial charge in [-0.05, 0) is 13.0 Å². The third-order valence-electron chi connectivity index (χ3n) is 2.71. The molecular formula is C14H12O5. The van der Waals surface area contributed by atoms with Gasteiger partial charge in [0.2, 0.25) is 0 Å². The first-order valence-corrected chi connectivity index (χ1v) is 5.61. The smallest absolute Gasteiger partial charge is 0.341 e. The summed E-state index contributed by atoms with van der Waals surface area (Å²) < 4.78 is 5.16. The molecule has 0 aliphatic carbocycles. The number of Topliss-reactive ketones (excluding diaryl/α,β-unsaturated/α-hetero) is 1. The number of aliphatic carboxylic acids is 1. The fourth-order valence-electron chi connectivity index (χ4n) is 1.85. The molecule has 0 heterocycles. The Kier molecular flexibility index (Phi) is 3.37. The van der Waals surface area contributed by atoms with Crippen molar-refractivity contribution in [1.29, 1.82) is 0 Å². The summed E-state index contributed by atoms with van der Waals surface area (Å²) in [5, 5.41) is 19.7. The quantitative estimate of drug-likeness (QED) is 0.823. The van der Waals surface area contributed by atoms with Gasteiger partial charge in [0, 0.05) is 10.8 Å². The van der Waals surface area contributed by atoms with E-state index in [2.05, 4.69) is 0 Å². The van der Waals surface area contributed by atoms with Gasteiger partial charge in [-0.2, -0.15) is 0 Å². The van der Waals surface area contributed by atoms with E-state index in [1.54, 1.807) is 24.3 Å². The topological polar surface area (TPSA) is 83.8 Å². The maximum Gasteiger partial charge on any atom is 0.341 e. The number of hydrogen-bond donors (Lipinski definition) is 2. The van der Waals surface area contributed by atoms with Gasteiger partial charge < -0.3 is 14.9 Å². The molecule has 0 saturated carbocycles. The van der Waals surface area contributed by atoms with Crippen LogP contribution in [0.1, 0.15) is 17.3 Å².